The summed E-state index contributed by atoms with van der Waals surface area (Å²) in [7, 11) is 0. The molecule has 2 heteroatoms. The summed E-state index contributed by atoms with van der Waals surface area (Å²) in [6, 6.07) is 0.570. The normalized spacial score (nSPS) is 29.1. The van der Waals surface area contributed by atoms with Crippen molar-refractivity contribution in [1.82, 2.24) is 5.32 Å². The lowest BCUT2D eigenvalue weighted by atomic mass is 9.72. The average molecular weight is 269 g/mol. The van der Waals surface area contributed by atoms with Gasteiger partial charge >= 0.3 is 0 Å². The highest BCUT2D eigenvalue weighted by Gasteiger charge is 2.42. The number of unbranched alkanes of at least 4 members (excludes halogenated alkanes) is 1. The van der Waals surface area contributed by atoms with Gasteiger partial charge in [0.05, 0.1) is 6.10 Å². The summed E-state index contributed by atoms with van der Waals surface area (Å²) < 4.78 is 5.91. The van der Waals surface area contributed by atoms with E-state index >= 15 is 0 Å². The van der Waals surface area contributed by atoms with E-state index < -0.39 is 0 Å². The lowest BCUT2D eigenvalue weighted by Crippen LogP contribution is -2.43. The van der Waals surface area contributed by atoms with Crippen molar-refractivity contribution in [2.75, 3.05) is 13.2 Å². The monoisotopic (exact) mass is 269 g/mol. The van der Waals surface area contributed by atoms with Crippen LogP contribution in [0.5, 0.6) is 0 Å². The van der Waals surface area contributed by atoms with Crippen LogP contribution in [-0.4, -0.2) is 25.3 Å². The second-order valence-corrected chi connectivity index (χ2v) is 6.78. The molecule has 0 radical (unpaired) electrons. The largest absolute Gasteiger partial charge is 0.378 e. The Balaban J connectivity index is 2.62. The Morgan fingerprint density at radius 2 is 2.05 bits per heavy atom. The topological polar surface area (TPSA) is 21.3 Å². The van der Waals surface area contributed by atoms with Crippen molar-refractivity contribution >= 4 is 0 Å². The lowest BCUT2D eigenvalue weighted by molar-refractivity contribution is 0.0464. The van der Waals surface area contributed by atoms with Crippen molar-refractivity contribution in [2.24, 2.45) is 11.3 Å². The van der Waals surface area contributed by atoms with E-state index in [4.69, 9.17) is 4.74 Å². The summed E-state index contributed by atoms with van der Waals surface area (Å²) in [5.41, 5.74) is 0.374. The van der Waals surface area contributed by atoms with Crippen LogP contribution < -0.4 is 5.32 Å². The number of ether oxygens (including phenoxy) is 1. The molecule has 1 aliphatic heterocycles. The summed E-state index contributed by atoms with van der Waals surface area (Å²) in [5.74, 6) is 0.873. The van der Waals surface area contributed by atoms with Crippen LogP contribution in [0.2, 0.25) is 0 Å². The minimum absolute atomic E-state index is 0.374. The maximum atomic E-state index is 5.91. The van der Waals surface area contributed by atoms with Gasteiger partial charge in [0.25, 0.3) is 0 Å². The molecule has 0 aromatic heterocycles. The molecule has 3 unspecified atom stereocenters. The van der Waals surface area contributed by atoms with E-state index in [-0.39, 0.29) is 0 Å². The Morgan fingerprint density at radius 1 is 1.32 bits per heavy atom. The second kappa shape index (κ2) is 8.26. The van der Waals surface area contributed by atoms with Crippen molar-refractivity contribution in [3.8, 4) is 0 Å². The van der Waals surface area contributed by atoms with Crippen LogP contribution in [0.25, 0.3) is 0 Å². The molecular weight excluding hydrogens is 234 g/mol. The summed E-state index contributed by atoms with van der Waals surface area (Å²) in [5, 5.41) is 3.66. The van der Waals surface area contributed by atoms with E-state index in [1.165, 1.54) is 38.5 Å². The summed E-state index contributed by atoms with van der Waals surface area (Å²) in [6.45, 7) is 13.5. The van der Waals surface area contributed by atoms with E-state index in [0.717, 1.165) is 19.1 Å². The van der Waals surface area contributed by atoms with Gasteiger partial charge in [-0.05, 0) is 25.7 Å². The molecule has 3 atom stereocenters. The predicted molar refractivity (Wildman–Crippen MR) is 83.5 cm³/mol. The lowest BCUT2D eigenvalue weighted by Gasteiger charge is -2.36. The van der Waals surface area contributed by atoms with Gasteiger partial charge in [0.1, 0.15) is 0 Å². The molecular formula is C17H35NO. The van der Waals surface area contributed by atoms with Crippen molar-refractivity contribution < 1.29 is 4.74 Å². The SMILES string of the molecule is CCCCC(CC)CC1(CNC(C)C)CCOC1C. The standard InChI is InChI=1S/C17H35NO/c1-6-8-9-16(7-2)12-17(13-18-14(3)4)10-11-19-15(17)5/h14-16,18H,6-13H2,1-5H3. The first-order valence-electron chi connectivity index (χ1n) is 8.39. The zero-order valence-corrected chi connectivity index (χ0v) is 13.8. The van der Waals surface area contributed by atoms with E-state index in [9.17, 15) is 0 Å². The molecule has 1 N–H and O–H groups in total. The van der Waals surface area contributed by atoms with Crippen LogP contribution in [0.3, 0.4) is 0 Å². The van der Waals surface area contributed by atoms with Gasteiger partial charge in [0.2, 0.25) is 0 Å². The van der Waals surface area contributed by atoms with Crippen LogP contribution in [-0.2, 0) is 4.74 Å². The van der Waals surface area contributed by atoms with Gasteiger partial charge < -0.3 is 10.1 Å². The van der Waals surface area contributed by atoms with Crippen molar-refractivity contribution in [3.63, 3.8) is 0 Å². The molecule has 1 fully saturated rings. The van der Waals surface area contributed by atoms with Gasteiger partial charge in [-0.25, -0.2) is 0 Å². The molecule has 0 aromatic carbocycles. The van der Waals surface area contributed by atoms with E-state index in [2.05, 4.69) is 39.9 Å². The first-order valence-corrected chi connectivity index (χ1v) is 8.39. The zero-order valence-electron chi connectivity index (χ0n) is 13.8. The summed E-state index contributed by atoms with van der Waals surface area (Å²) in [4.78, 5) is 0. The first kappa shape index (κ1) is 17.0. The zero-order chi connectivity index (χ0) is 14.3. The smallest absolute Gasteiger partial charge is 0.0616 e. The molecule has 0 aliphatic carbocycles. The molecule has 1 heterocycles. The number of hydrogen-bond donors (Lipinski definition) is 1. The Bertz CT molecular complexity index is 241. The predicted octanol–water partition coefficient (Wildman–Crippen LogP) is 4.39. The molecule has 0 bridgehead atoms. The van der Waals surface area contributed by atoms with Crippen LogP contribution in [0.4, 0.5) is 0 Å². The highest BCUT2D eigenvalue weighted by atomic mass is 16.5. The van der Waals surface area contributed by atoms with Gasteiger partial charge in [0.15, 0.2) is 0 Å². The Hall–Kier alpha value is -0.0800. The molecule has 0 amide bonds. The number of hydrogen-bond acceptors (Lipinski definition) is 2. The Morgan fingerprint density at radius 3 is 2.53 bits per heavy atom. The molecule has 1 aliphatic rings. The minimum Gasteiger partial charge on any atom is -0.378 e. The van der Waals surface area contributed by atoms with Crippen LogP contribution in [0.1, 0.15) is 73.1 Å². The van der Waals surface area contributed by atoms with E-state index in [1.807, 2.05) is 0 Å². The summed E-state index contributed by atoms with van der Waals surface area (Å²) >= 11 is 0. The Kier molecular flexibility index (Phi) is 7.38. The van der Waals surface area contributed by atoms with Gasteiger partial charge in [-0.3, -0.25) is 0 Å². The molecule has 1 rings (SSSR count). The van der Waals surface area contributed by atoms with Crippen molar-refractivity contribution in [3.05, 3.63) is 0 Å². The fourth-order valence-electron chi connectivity index (χ4n) is 3.32. The third kappa shape index (κ3) is 5.07. The highest BCUT2D eigenvalue weighted by molar-refractivity contribution is 4.93. The maximum absolute atomic E-state index is 5.91. The molecule has 114 valence electrons. The Labute approximate surface area is 120 Å². The molecule has 0 saturated carbocycles. The third-order valence-corrected chi connectivity index (χ3v) is 4.93. The average Bonchev–Trinajstić information content (AvgIpc) is 2.74. The van der Waals surface area contributed by atoms with Crippen LogP contribution in [0.15, 0.2) is 0 Å². The second-order valence-electron chi connectivity index (χ2n) is 6.78. The first-order chi connectivity index (χ1) is 9.04. The van der Waals surface area contributed by atoms with Gasteiger partial charge in [-0.1, -0.05) is 53.4 Å². The fraction of sp³-hybridized carbons (Fsp3) is 1.00. The molecule has 0 spiro atoms. The third-order valence-electron chi connectivity index (χ3n) is 4.93. The van der Waals surface area contributed by atoms with Crippen molar-refractivity contribution in [2.45, 2.75) is 85.3 Å². The van der Waals surface area contributed by atoms with Gasteiger partial charge in [-0.15, -0.1) is 0 Å². The molecule has 1 saturated heterocycles. The maximum Gasteiger partial charge on any atom is 0.0616 e. The molecule has 2 nitrogen and oxygen atoms in total. The van der Waals surface area contributed by atoms with Crippen LogP contribution >= 0.6 is 0 Å². The quantitative estimate of drug-likeness (QED) is 0.670. The summed E-state index contributed by atoms with van der Waals surface area (Å²) in [6.07, 6.45) is 8.39. The van der Waals surface area contributed by atoms with Crippen molar-refractivity contribution in [1.29, 1.82) is 0 Å². The van der Waals surface area contributed by atoms with E-state index in [0.29, 0.717) is 17.6 Å². The highest BCUT2D eigenvalue weighted by Crippen LogP contribution is 2.42. The van der Waals surface area contributed by atoms with Gasteiger partial charge in [-0.2, -0.15) is 0 Å². The fourth-order valence-corrected chi connectivity index (χ4v) is 3.32. The molecule has 0 aromatic rings. The van der Waals surface area contributed by atoms with Crippen LogP contribution in [0, 0.1) is 11.3 Å². The number of rotatable bonds is 9. The molecule has 19 heavy (non-hydrogen) atoms. The van der Waals surface area contributed by atoms with E-state index in [1.54, 1.807) is 0 Å². The number of nitrogens with one attached hydrogen (secondary N) is 1. The minimum atomic E-state index is 0.374. The van der Waals surface area contributed by atoms with Gasteiger partial charge in [0, 0.05) is 24.6 Å².